The Labute approximate surface area is 95.4 Å². The van der Waals surface area contributed by atoms with Crippen LogP contribution in [0.1, 0.15) is 0 Å². The second-order valence-corrected chi connectivity index (χ2v) is 3.37. The molecule has 0 amide bonds. The van der Waals surface area contributed by atoms with Crippen LogP contribution in [0.3, 0.4) is 0 Å². The molecule has 0 aliphatic heterocycles. The van der Waals surface area contributed by atoms with Crippen LogP contribution in [-0.2, 0) is 0 Å². The lowest BCUT2D eigenvalue weighted by Gasteiger charge is -2.07. The number of hydrogen-bond acceptors (Lipinski definition) is 2. The molecule has 2 rings (SSSR count). The number of halogens is 3. The van der Waals surface area contributed by atoms with Crippen LogP contribution in [0.25, 0.3) is 0 Å². The molecule has 0 aromatic heterocycles. The van der Waals surface area contributed by atoms with Crippen molar-refractivity contribution in [3.63, 3.8) is 0 Å². The predicted molar refractivity (Wildman–Crippen MR) is 57.2 cm³/mol. The van der Waals surface area contributed by atoms with Gasteiger partial charge >= 0.3 is 0 Å². The van der Waals surface area contributed by atoms with E-state index in [1.54, 1.807) is 0 Å². The van der Waals surface area contributed by atoms with Gasteiger partial charge in [0.15, 0.2) is 23.2 Å². The fourth-order valence-corrected chi connectivity index (χ4v) is 1.27. The first-order valence-electron chi connectivity index (χ1n) is 4.74. The number of benzene rings is 2. The van der Waals surface area contributed by atoms with Crippen LogP contribution in [0.15, 0.2) is 36.4 Å². The average molecular weight is 239 g/mol. The van der Waals surface area contributed by atoms with Crippen molar-refractivity contribution in [2.24, 2.45) is 0 Å². The molecule has 0 fully saturated rings. The minimum Gasteiger partial charge on any atom is -0.454 e. The fraction of sp³-hybridized carbons (Fsp3) is 0. The van der Waals surface area contributed by atoms with E-state index in [1.165, 1.54) is 18.2 Å². The molecule has 0 aliphatic rings. The van der Waals surface area contributed by atoms with Gasteiger partial charge in [0.25, 0.3) is 0 Å². The van der Waals surface area contributed by atoms with E-state index in [0.29, 0.717) is 0 Å². The zero-order valence-corrected chi connectivity index (χ0v) is 8.58. The predicted octanol–water partition coefficient (Wildman–Crippen LogP) is 3.48. The normalized spacial score (nSPS) is 10.3. The maximum atomic E-state index is 13.3. The molecule has 2 N–H and O–H groups in total. The monoisotopic (exact) mass is 239 g/mol. The Morgan fingerprint density at radius 1 is 0.824 bits per heavy atom. The SMILES string of the molecule is Nc1ccc(Oc2ccc(F)c(F)c2)c(F)c1. The number of nitrogen functional groups attached to an aromatic ring is 1. The van der Waals surface area contributed by atoms with Crippen LogP contribution < -0.4 is 10.5 Å². The van der Waals surface area contributed by atoms with E-state index in [-0.39, 0.29) is 17.2 Å². The smallest absolute Gasteiger partial charge is 0.167 e. The molecule has 0 saturated heterocycles. The number of ether oxygens (including phenoxy) is 1. The van der Waals surface area contributed by atoms with E-state index in [9.17, 15) is 13.2 Å². The minimum atomic E-state index is -1.06. The van der Waals surface area contributed by atoms with E-state index in [0.717, 1.165) is 18.2 Å². The van der Waals surface area contributed by atoms with Gasteiger partial charge in [0.1, 0.15) is 5.75 Å². The molecule has 2 nitrogen and oxygen atoms in total. The third-order valence-electron chi connectivity index (χ3n) is 2.07. The summed E-state index contributed by atoms with van der Waals surface area (Å²) in [6.07, 6.45) is 0. The third kappa shape index (κ3) is 2.50. The van der Waals surface area contributed by atoms with E-state index in [2.05, 4.69) is 0 Å². The Morgan fingerprint density at radius 2 is 1.59 bits per heavy atom. The highest BCUT2D eigenvalue weighted by molar-refractivity contribution is 5.44. The summed E-state index contributed by atoms with van der Waals surface area (Å²) in [5.74, 6) is -2.82. The lowest BCUT2D eigenvalue weighted by molar-refractivity contribution is 0.432. The highest BCUT2D eigenvalue weighted by atomic mass is 19.2. The number of nitrogens with two attached hydrogens (primary N) is 1. The highest BCUT2D eigenvalue weighted by Gasteiger charge is 2.07. The van der Waals surface area contributed by atoms with Gasteiger partial charge in [-0.3, -0.25) is 0 Å². The highest BCUT2D eigenvalue weighted by Crippen LogP contribution is 2.26. The zero-order valence-electron chi connectivity index (χ0n) is 8.58. The fourth-order valence-electron chi connectivity index (χ4n) is 1.27. The van der Waals surface area contributed by atoms with Crippen molar-refractivity contribution >= 4 is 5.69 Å². The van der Waals surface area contributed by atoms with Crippen molar-refractivity contribution in [2.45, 2.75) is 0 Å². The Kier molecular flexibility index (Phi) is 2.91. The van der Waals surface area contributed by atoms with E-state index < -0.39 is 17.5 Å². The van der Waals surface area contributed by atoms with Gasteiger partial charge in [0.05, 0.1) is 0 Å². The van der Waals surface area contributed by atoms with Gasteiger partial charge in [0, 0.05) is 17.8 Å². The van der Waals surface area contributed by atoms with Crippen LogP contribution in [0.2, 0.25) is 0 Å². The largest absolute Gasteiger partial charge is 0.454 e. The topological polar surface area (TPSA) is 35.2 Å². The molecular weight excluding hydrogens is 231 g/mol. The molecule has 0 radical (unpaired) electrons. The van der Waals surface area contributed by atoms with Crippen LogP contribution in [0, 0.1) is 17.5 Å². The van der Waals surface area contributed by atoms with Crippen molar-refractivity contribution < 1.29 is 17.9 Å². The van der Waals surface area contributed by atoms with E-state index in [1.807, 2.05) is 0 Å². The van der Waals surface area contributed by atoms with E-state index in [4.69, 9.17) is 10.5 Å². The second-order valence-electron chi connectivity index (χ2n) is 3.37. The number of rotatable bonds is 2. The minimum absolute atomic E-state index is 0.00701. The summed E-state index contributed by atoms with van der Waals surface area (Å²) in [5.41, 5.74) is 5.61. The van der Waals surface area contributed by atoms with Crippen LogP contribution in [-0.4, -0.2) is 0 Å². The average Bonchev–Trinajstić information content (AvgIpc) is 2.27. The molecule has 17 heavy (non-hydrogen) atoms. The number of hydrogen-bond donors (Lipinski definition) is 1. The number of anilines is 1. The maximum absolute atomic E-state index is 13.3. The van der Waals surface area contributed by atoms with Gasteiger partial charge in [-0.05, 0) is 24.3 Å². The van der Waals surface area contributed by atoms with Crippen LogP contribution in [0.4, 0.5) is 18.9 Å². The van der Waals surface area contributed by atoms with E-state index >= 15 is 0 Å². The van der Waals surface area contributed by atoms with Gasteiger partial charge in [-0.15, -0.1) is 0 Å². The third-order valence-corrected chi connectivity index (χ3v) is 2.07. The van der Waals surface area contributed by atoms with Gasteiger partial charge in [-0.1, -0.05) is 0 Å². The summed E-state index contributed by atoms with van der Waals surface area (Å²) in [7, 11) is 0. The summed E-state index contributed by atoms with van der Waals surface area (Å²) in [5, 5.41) is 0. The first-order valence-corrected chi connectivity index (χ1v) is 4.74. The molecule has 0 saturated carbocycles. The molecular formula is C12H8F3NO. The lowest BCUT2D eigenvalue weighted by Crippen LogP contribution is -1.92. The van der Waals surface area contributed by atoms with Crippen LogP contribution in [0.5, 0.6) is 11.5 Å². The zero-order chi connectivity index (χ0) is 12.4. The summed E-state index contributed by atoms with van der Waals surface area (Å²) in [4.78, 5) is 0. The quantitative estimate of drug-likeness (QED) is 0.814. The van der Waals surface area contributed by atoms with Gasteiger partial charge < -0.3 is 10.5 Å². The molecule has 0 heterocycles. The van der Waals surface area contributed by atoms with Crippen molar-refractivity contribution in [3.8, 4) is 11.5 Å². The second kappa shape index (κ2) is 4.37. The molecule has 0 atom stereocenters. The van der Waals surface area contributed by atoms with Crippen LogP contribution >= 0.6 is 0 Å². The van der Waals surface area contributed by atoms with Crippen molar-refractivity contribution in [2.75, 3.05) is 5.73 Å². The standard InChI is InChI=1S/C12H8F3NO/c13-9-3-2-8(6-10(9)14)17-12-4-1-7(16)5-11(12)15/h1-6H,16H2. The van der Waals surface area contributed by atoms with Crippen molar-refractivity contribution in [1.29, 1.82) is 0 Å². The molecule has 2 aromatic carbocycles. The van der Waals surface area contributed by atoms with Crippen molar-refractivity contribution in [3.05, 3.63) is 53.8 Å². The Morgan fingerprint density at radius 3 is 2.24 bits per heavy atom. The van der Waals surface area contributed by atoms with Gasteiger partial charge in [0.2, 0.25) is 0 Å². The molecule has 0 unspecified atom stereocenters. The van der Waals surface area contributed by atoms with Gasteiger partial charge in [-0.2, -0.15) is 0 Å². The lowest BCUT2D eigenvalue weighted by atomic mass is 10.3. The summed E-state index contributed by atoms with van der Waals surface area (Å²) in [6, 6.07) is 6.78. The molecule has 0 bridgehead atoms. The molecule has 88 valence electrons. The van der Waals surface area contributed by atoms with Crippen molar-refractivity contribution in [1.82, 2.24) is 0 Å². The summed E-state index contributed by atoms with van der Waals surface area (Å²) >= 11 is 0. The Balaban J connectivity index is 2.28. The summed E-state index contributed by atoms with van der Waals surface area (Å²) < 4.78 is 43.9. The maximum Gasteiger partial charge on any atom is 0.167 e. The molecule has 0 spiro atoms. The summed E-state index contributed by atoms with van der Waals surface area (Å²) in [6.45, 7) is 0. The molecule has 0 aliphatic carbocycles. The molecule has 2 aromatic rings. The molecule has 5 heteroatoms. The van der Waals surface area contributed by atoms with Gasteiger partial charge in [-0.25, -0.2) is 13.2 Å². The first-order chi connectivity index (χ1) is 8.06. The Hall–Kier alpha value is -2.17. The Bertz CT molecular complexity index is 557. The first kappa shape index (κ1) is 11.3.